The molecule has 0 atom stereocenters. The van der Waals surface area contributed by atoms with E-state index in [4.69, 9.17) is 9.15 Å². The molecule has 0 N–H and O–H groups in total. The van der Waals surface area contributed by atoms with Crippen molar-refractivity contribution in [3.8, 4) is 0 Å². The predicted molar refractivity (Wildman–Crippen MR) is 105 cm³/mol. The molecule has 0 radical (unpaired) electrons. The van der Waals surface area contributed by atoms with Crippen molar-refractivity contribution in [2.45, 2.75) is 12.8 Å². The third kappa shape index (κ3) is 3.90. The number of benzene rings is 1. The van der Waals surface area contributed by atoms with Crippen LogP contribution in [0.2, 0.25) is 0 Å². The summed E-state index contributed by atoms with van der Waals surface area (Å²) in [6, 6.07) is 10.3. The Morgan fingerprint density at radius 3 is 2.40 bits per heavy atom. The Morgan fingerprint density at radius 1 is 0.960 bits per heavy atom. The number of nitrogens with zero attached hydrogens (tertiary/aromatic N) is 3. The quantitative estimate of drug-likeness (QED) is 0.716. The lowest BCUT2D eigenvalue weighted by Gasteiger charge is -2.28. The number of hydrogen-bond acceptors (Lipinski definition) is 5. The summed E-state index contributed by atoms with van der Waals surface area (Å²) < 4.78 is 12.3. The molecule has 2 aromatic rings. The van der Waals surface area contributed by atoms with Gasteiger partial charge in [-0.25, -0.2) is 0 Å². The summed E-state index contributed by atoms with van der Waals surface area (Å²) in [5.41, 5.74) is 2.14. The number of morpholine rings is 1. The van der Waals surface area contributed by atoms with Gasteiger partial charge in [-0.05, 0) is 53.0 Å². The summed E-state index contributed by atoms with van der Waals surface area (Å²) in [6.45, 7) is 5.61. The van der Waals surface area contributed by atoms with Gasteiger partial charge in [-0.2, -0.15) is 0 Å². The van der Waals surface area contributed by atoms with Crippen LogP contribution in [-0.4, -0.2) is 45.6 Å². The highest BCUT2D eigenvalue weighted by molar-refractivity contribution is 9.10. The number of furan rings is 1. The molecule has 3 heterocycles. The second-order valence-electron chi connectivity index (χ2n) is 6.37. The molecule has 1 aromatic carbocycles. The fourth-order valence-electron chi connectivity index (χ4n) is 3.29. The average molecular weight is 404 g/mol. The Labute approximate surface area is 156 Å². The average Bonchev–Trinajstić information content (AvgIpc) is 3.30. The maximum absolute atomic E-state index is 5.95. The Bertz CT molecular complexity index is 730. The summed E-state index contributed by atoms with van der Waals surface area (Å²) in [5, 5.41) is 0. The first-order valence-corrected chi connectivity index (χ1v) is 9.60. The highest BCUT2D eigenvalue weighted by Gasteiger charge is 2.19. The number of anilines is 2. The highest BCUT2D eigenvalue weighted by Crippen LogP contribution is 2.32. The summed E-state index contributed by atoms with van der Waals surface area (Å²) in [6.07, 6.45) is 4.24. The van der Waals surface area contributed by atoms with Crippen molar-refractivity contribution in [2.75, 3.05) is 49.2 Å². The molecule has 0 saturated carbocycles. The van der Waals surface area contributed by atoms with Crippen LogP contribution in [0.1, 0.15) is 18.6 Å². The highest BCUT2D eigenvalue weighted by atomic mass is 79.9. The maximum atomic E-state index is 5.95. The molecule has 0 bridgehead atoms. The molecule has 1 aromatic heterocycles. The normalized spacial score (nSPS) is 18.4. The van der Waals surface area contributed by atoms with Crippen LogP contribution in [0.25, 0.3) is 0 Å². The third-order valence-corrected chi connectivity index (χ3v) is 5.22. The second kappa shape index (κ2) is 7.62. The van der Waals surface area contributed by atoms with Crippen molar-refractivity contribution in [2.24, 2.45) is 4.99 Å². The zero-order chi connectivity index (χ0) is 17.1. The van der Waals surface area contributed by atoms with E-state index in [0.717, 1.165) is 61.2 Å². The van der Waals surface area contributed by atoms with Crippen molar-refractivity contribution < 1.29 is 9.15 Å². The lowest BCUT2D eigenvalue weighted by Crippen LogP contribution is -2.36. The van der Waals surface area contributed by atoms with Crippen LogP contribution in [0.15, 0.2) is 44.2 Å². The monoisotopic (exact) mass is 403 g/mol. The predicted octanol–water partition coefficient (Wildman–Crippen LogP) is 4.23. The van der Waals surface area contributed by atoms with Gasteiger partial charge < -0.3 is 19.0 Å². The Kier molecular flexibility index (Phi) is 5.08. The minimum atomic E-state index is 0.769. The van der Waals surface area contributed by atoms with Crippen molar-refractivity contribution in [3.63, 3.8) is 0 Å². The van der Waals surface area contributed by atoms with Gasteiger partial charge in [-0.1, -0.05) is 0 Å². The SMILES string of the molecule is Brc1cc(C=Nc2ccc(N3CCOCC3)cc2)oc1N1CCCC1. The Balaban J connectivity index is 1.43. The van der Waals surface area contributed by atoms with Crippen LogP contribution in [0.4, 0.5) is 17.3 Å². The number of ether oxygens (including phenoxy) is 1. The molecule has 0 amide bonds. The van der Waals surface area contributed by atoms with Crippen LogP contribution in [0, 0.1) is 0 Å². The summed E-state index contributed by atoms with van der Waals surface area (Å²) in [4.78, 5) is 9.16. The number of hydrogen-bond donors (Lipinski definition) is 0. The minimum absolute atomic E-state index is 0.769. The molecule has 2 saturated heterocycles. The summed E-state index contributed by atoms with van der Waals surface area (Å²) in [7, 11) is 0. The molecule has 4 rings (SSSR count). The van der Waals surface area contributed by atoms with Gasteiger partial charge in [0.15, 0.2) is 0 Å². The fraction of sp³-hybridized carbons (Fsp3) is 0.421. The van der Waals surface area contributed by atoms with Gasteiger partial charge in [0.05, 0.1) is 29.6 Å². The lowest BCUT2D eigenvalue weighted by atomic mass is 10.2. The van der Waals surface area contributed by atoms with Gasteiger partial charge in [-0.15, -0.1) is 0 Å². The fourth-order valence-corrected chi connectivity index (χ4v) is 3.84. The van der Waals surface area contributed by atoms with Gasteiger partial charge in [0, 0.05) is 37.9 Å². The standard InChI is InChI=1S/C19H22BrN3O2/c20-18-13-17(25-19(18)23-7-1-2-8-23)14-21-15-3-5-16(6-4-15)22-9-11-24-12-10-22/h3-6,13-14H,1-2,7-12H2. The van der Waals surface area contributed by atoms with Crippen LogP contribution in [-0.2, 0) is 4.74 Å². The summed E-state index contributed by atoms with van der Waals surface area (Å²) >= 11 is 3.59. The molecule has 0 spiro atoms. The number of halogens is 1. The molecule has 25 heavy (non-hydrogen) atoms. The van der Waals surface area contributed by atoms with Crippen molar-refractivity contribution in [1.29, 1.82) is 0 Å². The molecule has 2 fully saturated rings. The first-order chi connectivity index (χ1) is 12.3. The Hall–Kier alpha value is -1.79. The van der Waals surface area contributed by atoms with E-state index >= 15 is 0 Å². The zero-order valence-electron chi connectivity index (χ0n) is 14.2. The van der Waals surface area contributed by atoms with E-state index in [2.05, 4.69) is 42.9 Å². The van der Waals surface area contributed by atoms with E-state index in [1.54, 1.807) is 6.21 Å². The molecule has 6 heteroatoms. The lowest BCUT2D eigenvalue weighted by molar-refractivity contribution is 0.122. The van der Waals surface area contributed by atoms with Gasteiger partial charge >= 0.3 is 0 Å². The zero-order valence-corrected chi connectivity index (χ0v) is 15.7. The van der Waals surface area contributed by atoms with Crippen molar-refractivity contribution in [3.05, 3.63) is 40.6 Å². The molecular formula is C19H22BrN3O2. The largest absolute Gasteiger partial charge is 0.438 e. The van der Waals surface area contributed by atoms with E-state index in [0.29, 0.717) is 0 Å². The second-order valence-corrected chi connectivity index (χ2v) is 7.22. The van der Waals surface area contributed by atoms with Gasteiger partial charge in [0.2, 0.25) is 5.88 Å². The number of aliphatic imine (C=N–C) groups is 1. The van der Waals surface area contributed by atoms with Gasteiger partial charge in [0.25, 0.3) is 0 Å². The van der Waals surface area contributed by atoms with Gasteiger partial charge in [-0.3, -0.25) is 4.99 Å². The number of rotatable bonds is 4. The summed E-state index contributed by atoms with van der Waals surface area (Å²) in [5.74, 6) is 1.69. The Morgan fingerprint density at radius 2 is 1.68 bits per heavy atom. The first-order valence-electron chi connectivity index (χ1n) is 8.81. The minimum Gasteiger partial charge on any atom is -0.438 e. The molecule has 0 unspecified atom stereocenters. The molecule has 5 nitrogen and oxygen atoms in total. The van der Waals surface area contributed by atoms with E-state index < -0.39 is 0 Å². The van der Waals surface area contributed by atoms with Gasteiger partial charge in [0.1, 0.15) is 5.76 Å². The molecule has 2 aliphatic rings. The van der Waals surface area contributed by atoms with Crippen LogP contribution in [0.3, 0.4) is 0 Å². The molecule has 0 aliphatic carbocycles. The smallest absolute Gasteiger partial charge is 0.210 e. The topological polar surface area (TPSA) is 41.2 Å². The van der Waals surface area contributed by atoms with Crippen LogP contribution in [0.5, 0.6) is 0 Å². The van der Waals surface area contributed by atoms with Crippen molar-refractivity contribution >= 4 is 39.4 Å². The van der Waals surface area contributed by atoms with E-state index in [1.165, 1.54) is 18.5 Å². The first kappa shape index (κ1) is 16.7. The molecule has 132 valence electrons. The van der Waals surface area contributed by atoms with E-state index in [1.807, 2.05) is 18.2 Å². The van der Waals surface area contributed by atoms with E-state index in [-0.39, 0.29) is 0 Å². The van der Waals surface area contributed by atoms with E-state index in [9.17, 15) is 0 Å². The van der Waals surface area contributed by atoms with Crippen LogP contribution < -0.4 is 9.80 Å². The third-order valence-electron chi connectivity index (χ3n) is 4.65. The maximum Gasteiger partial charge on any atom is 0.210 e. The molecule has 2 aliphatic heterocycles. The molecular weight excluding hydrogens is 382 g/mol. The van der Waals surface area contributed by atoms with Crippen LogP contribution >= 0.6 is 15.9 Å². The van der Waals surface area contributed by atoms with Crippen molar-refractivity contribution in [1.82, 2.24) is 0 Å².